The standard InChI is InChI=1S/C19H19FN2O2/c1-3-23-18-11-15-16(22-14-7-5-13(20)6-8-14)9-10-21-17(15)12-19(18)24-4-2/h5-12H,3-4H2,1-2H3,(H,21,22). The summed E-state index contributed by atoms with van der Waals surface area (Å²) in [6, 6.07) is 11.9. The molecule has 0 saturated heterocycles. The highest BCUT2D eigenvalue weighted by molar-refractivity contribution is 5.95. The van der Waals surface area contributed by atoms with Gasteiger partial charge in [-0.05, 0) is 50.2 Å². The highest BCUT2D eigenvalue weighted by Crippen LogP contribution is 2.35. The molecule has 1 heterocycles. The van der Waals surface area contributed by atoms with Gasteiger partial charge in [0.15, 0.2) is 11.5 Å². The third-order valence-corrected chi connectivity index (χ3v) is 3.53. The number of nitrogens with zero attached hydrogens (tertiary/aromatic N) is 1. The fourth-order valence-electron chi connectivity index (χ4n) is 2.49. The predicted octanol–water partition coefficient (Wildman–Crippen LogP) is 4.91. The van der Waals surface area contributed by atoms with E-state index < -0.39 is 0 Å². The van der Waals surface area contributed by atoms with Crippen LogP contribution in [0.15, 0.2) is 48.7 Å². The van der Waals surface area contributed by atoms with Gasteiger partial charge in [0.2, 0.25) is 0 Å². The second-order valence-electron chi connectivity index (χ2n) is 5.17. The Kier molecular flexibility index (Phi) is 4.79. The lowest BCUT2D eigenvalue weighted by molar-refractivity contribution is 0.288. The van der Waals surface area contributed by atoms with Crippen LogP contribution in [0.4, 0.5) is 15.8 Å². The van der Waals surface area contributed by atoms with Gasteiger partial charge in [-0.25, -0.2) is 4.39 Å². The summed E-state index contributed by atoms with van der Waals surface area (Å²) in [6.07, 6.45) is 1.73. The van der Waals surface area contributed by atoms with E-state index in [1.54, 1.807) is 18.3 Å². The van der Waals surface area contributed by atoms with Crippen molar-refractivity contribution in [2.75, 3.05) is 18.5 Å². The average molecular weight is 326 g/mol. The van der Waals surface area contributed by atoms with E-state index in [1.165, 1.54) is 12.1 Å². The van der Waals surface area contributed by atoms with Gasteiger partial charge in [-0.1, -0.05) is 0 Å². The Hall–Kier alpha value is -2.82. The van der Waals surface area contributed by atoms with Gasteiger partial charge in [-0.15, -0.1) is 0 Å². The monoisotopic (exact) mass is 326 g/mol. The lowest BCUT2D eigenvalue weighted by atomic mass is 10.1. The number of anilines is 2. The van der Waals surface area contributed by atoms with Crippen molar-refractivity contribution in [2.24, 2.45) is 0 Å². The van der Waals surface area contributed by atoms with E-state index >= 15 is 0 Å². The Morgan fingerprint density at radius 2 is 1.62 bits per heavy atom. The smallest absolute Gasteiger partial charge is 0.163 e. The van der Waals surface area contributed by atoms with Crippen LogP contribution in [0.3, 0.4) is 0 Å². The molecule has 2 aromatic carbocycles. The van der Waals surface area contributed by atoms with E-state index in [-0.39, 0.29) is 5.82 Å². The molecular weight excluding hydrogens is 307 g/mol. The highest BCUT2D eigenvalue weighted by Gasteiger charge is 2.11. The maximum Gasteiger partial charge on any atom is 0.163 e. The molecule has 0 spiro atoms. The number of benzene rings is 2. The van der Waals surface area contributed by atoms with Crippen LogP contribution in [0, 0.1) is 5.82 Å². The molecule has 124 valence electrons. The topological polar surface area (TPSA) is 43.4 Å². The van der Waals surface area contributed by atoms with Crippen molar-refractivity contribution in [3.05, 3.63) is 54.5 Å². The molecule has 0 saturated carbocycles. The summed E-state index contributed by atoms with van der Waals surface area (Å²) >= 11 is 0. The van der Waals surface area contributed by atoms with E-state index in [0.29, 0.717) is 24.7 Å². The fraction of sp³-hybridized carbons (Fsp3) is 0.211. The lowest BCUT2D eigenvalue weighted by Gasteiger charge is -2.14. The third kappa shape index (κ3) is 3.40. The molecule has 0 aliphatic carbocycles. The molecule has 0 bridgehead atoms. The number of fused-ring (bicyclic) bond motifs is 1. The highest BCUT2D eigenvalue weighted by atomic mass is 19.1. The summed E-state index contributed by atoms with van der Waals surface area (Å²) in [7, 11) is 0. The zero-order chi connectivity index (χ0) is 16.9. The van der Waals surface area contributed by atoms with Crippen molar-refractivity contribution < 1.29 is 13.9 Å². The minimum atomic E-state index is -0.264. The number of hydrogen-bond acceptors (Lipinski definition) is 4. The van der Waals surface area contributed by atoms with Crippen LogP contribution in [0.1, 0.15) is 13.8 Å². The van der Waals surface area contributed by atoms with Crippen molar-refractivity contribution in [2.45, 2.75) is 13.8 Å². The van der Waals surface area contributed by atoms with Gasteiger partial charge in [0.1, 0.15) is 5.82 Å². The average Bonchev–Trinajstić information content (AvgIpc) is 2.58. The summed E-state index contributed by atoms with van der Waals surface area (Å²) in [5.74, 6) is 1.10. The van der Waals surface area contributed by atoms with Crippen molar-refractivity contribution >= 4 is 22.3 Å². The molecular formula is C19H19FN2O2. The Labute approximate surface area is 140 Å². The third-order valence-electron chi connectivity index (χ3n) is 3.53. The van der Waals surface area contributed by atoms with Crippen molar-refractivity contribution in [1.29, 1.82) is 0 Å². The molecule has 24 heavy (non-hydrogen) atoms. The normalized spacial score (nSPS) is 10.6. The molecule has 0 amide bonds. The van der Waals surface area contributed by atoms with Crippen LogP contribution in [0.2, 0.25) is 0 Å². The maximum atomic E-state index is 13.1. The fourth-order valence-corrected chi connectivity index (χ4v) is 2.49. The molecule has 4 nitrogen and oxygen atoms in total. The van der Waals surface area contributed by atoms with Crippen molar-refractivity contribution in [3.8, 4) is 11.5 Å². The minimum Gasteiger partial charge on any atom is -0.490 e. The lowest BCUT2D eigenvalue weighted by Crippen LogP contribution is -2.00. The number of halogens is 1. The molecule has 0 aliphatic heterocycles. The number of ether oxygens (including phenoxy) is 2. The zero-order valence-electron chi connectivity index (χ0n) is 13.7. The largest absolute Gasteiger partial charge is 0.490 e. The zero-order valence-corrected chi connectivity index (χ0v) is 13.7. The molecule has 1 aromatic heterocycles. The molecule has 0 radical (unpaired) electrons. The molecule has 3 rings (SSSR count). The first-order valence-corrected chi connectivity index (χ1v) is 7.92. The Bertz CT molecular complexity index is 835. The molecule has 5 heteroatoms. The van der Waals surface area contributed by atoms with Crippen LogP contribution in [-0.4, -0.2) is 18.2 Å². The summed E-state index contributed by atoms with van der Waals surface area (Å²) in [4.78, 5) is 4.41. The molecule has 1 N–H and O–H groups in total. The summed E-state index contributed by atoms with van der Waals surface area (Å²) < 4.78 is 24.4. The summed E-state index contributed by atoms with van der Waals surface area (Å²) in [6.45, 7) is 4.96. The molecule has 0 fully saturated rings. The second kappa shape index (κ2) is 7.17. The van der Waals surface area contributed by atoms with Crippen molar-refractivity contribution in [3.63, 3.8) is 0 Å². The molecule has 3 aromatic rings. The first-order valence-electron chi connectivity index (χ1n) is 7.92. The van der Waals surface area contributed by atoms with Crippen LogP contribution in [0.5, 0.6) is 11.5 Å². The molecule has 0 unspecified atom stereocenters. The van der Waals surface area contributed by atoms with Gasteiger partial charge in [-0.3, -0.25) is 4.98 Å². The van der Waals surface area contributed by atoms with E-state index in [4.69, 9.17) is 9.47 Å². The van der Waals surface area contributed by atoms with Gasteiger partial charge in [-0.2, -0.15) is 0 Å². The first kappa shape index (κ1) is 16.1. The maximum absolute atomic E-state index is 13.1. The van der Waals surface area contributed by atoms with Gasteiger partial charge in [0.25, 0.3) is 0 Å². The van der Waals surface area contributed by atoms with Gasteiger partial charge in [0.05, 0.1) is 18.7 Å². The van der Waals surface area contributed by atoms with E-state index in [1.807, 2.05) is 32.0 Å². The quantitative estimate of drug-likeness (QED) is 0.698. The summed E-state index contributed by atoms with van der Waals surface area (Å²) in [5, 5.41) is 4.20. The van der Waals surface area contributed by atoms with Gasteiger partial charge >= 0.3 is 0 Å². The predicted molar refractivity (Wildman–Crippen MR) is 93.8 cm³/mol. The van der Waals surface area contributed by atoms with Crippen LogP contribution >= 0.6 is 0 Å². The Morgan fingerprint density at radius 3 is 2.29 bits per heavy atom. The number of pyridine rings is 1. The number of aromatic nitrogens is 1. The molecule has 0 atom stereocenters. The van der Waals surface area contributed by atoms with E-state index in [9.17, 15) is 4.39 Å². The van der Waals surface area contributed by atoms with Crippen molar-refractivity contribution in [1.82, 2.24) is 4.98 Å². The first-order chi connectivity index (χ1) is 11.7. The number of hydrogen-bond donors (Lipinski definition) is 1. The second-order valence-corrected chi connectivity index (χ2v) is 5.17. The summed E-state index contributed by atoms with van der Waals surface area (Å²) in [5.41, 5.74) is 2.47. The van der Waals surface area contributed by atoms with Crippen LogP contribution < -0.4 is 14.8 Å². The van der Waals surface area contributed by atoms with E-state index in [2.05, 4.69) is 10.3 Å². The Balaban J connectivity index is 2.04. The SMILES string of the molecule is CCOc1cc2nccc(Nc3ccc(F)cc3)c2cc1OCC. The van der Waals surface area contributed by atoms with Crippen LogP contribution in [-0.2, 0) is 0 Å². The number of nitrogens with one attached hydrogen (secondary N) is 1. The van der Waals surface area contributed by atoms with E-state index in [0.717, 1.165) is 22.3 Å². The molecule has 0 aliphatic rings. The van der Waals surface area contributed by atoms with Crippen LogP contribution in [0.25, 0.3) is 10.9 Å². The van der Waals surface area contributed by atoms with Gasteiger partial charge < -0.3 is 14.8 Å². The Morgan fingerprint density at radius 1 is 0.958 bits per heavy atom. The minimum absolute atomic E-state index is 0.264. The number of rotatable bonds is 6. The van der Waals surface area contributed by atoms with Gasteiger partial charge in [0, 0.05) is 29.0 Å².